The lowest BCUT2D eigenvalue weighted by Gasteiger charge is -2.29. The van der Waals surface area contributed by atoms with Crippen molar-refractivity contribution in [1.82, 2.24) is 10.2 Å². The van der Waals surface area contributed by atoms with Crippen LogP contribution in [0.5, 0.6) is 0 Å². The van der Waals surface area contributed by atoms with Gasteiger partial charge in [0.25, 0.3) is 5.91 Å². The number of benzene rings is 2. The maximum absolute atomic E-state index is 12.4. The number of nitrogens with zero attached hydrogens (tertiary/aromatic N) is 1. The van der Waals surface area contributed by atoms with E-state index in [0.29, 0.717) is 11.5 Å². The minimum Gasteiger partial charge on any atom is -0.338 e. The Bertz CT molecular complexity index is 787. The molecule has 2 N–H and O–H groups in total. The Balaban J connectivity index is 1.61. The summed E-state index contributed by atoms with van der Waals surface area (Å²) in [5.41, 5.74) is 2.31. The maximum Gasteiger partial charge on any atom is 0.317 e. The smallest absolute Gasteiger partial charge is 0.317 e. The van der Waals surface area contributed by atoms with Crippen LogP contribution in [-0.2, 0) is 0 Å². The molecule has 0 aromatic heterocycles. The average Bonchev–Trinajstić information content (AvgIpc) is 2.66. The topological polar surface area (TPSA) is 61.4 Å². The van der Waals surface area contributed by atoms with Gasteiger partial charge in [-0.1, -0.05) is 36.8 Å². The summed E-state index contributed by atoms with van der Waals surface area (Å²) in [5, 5.41) is 5.94. The first-order valence-corrected chi connectivity index (χ1v) is 9.51. The van der Waals surface area contributed by atoms with Crippen molar-refractivity contribution in [2.75, 3.05) is 18.9 Å². The lowest BCUT2D eigenvalue weighted by Crippen LogP contribution is -2.41. The van der Waals surface area contributed by atoms with Gasteiger partial charge in [0.2, 0.25) is 0 Å². The Morgan fingerprint density at radius 1 is 1.11 bits per heavy atom. The number of carbonyl (C=O) groups excluding carboxylic acids is 2. The molecule has 0 heterocycles. The Kier molecular flexibility index (Phi) is 6.12. The monoisotopic (exact) mass is 365 g/mol. The zero-order valence-corrected chi connectivity index (χ0v) is 15.9. The summed E-state index contributed by atoms with van der Waals surface area (Å²) >= 11 is 0. The molecule has 0 radical (unpaired) electrons. The molecule has 1 atom stereocenters. The quantitative estimate of drug-likeness (QED) is 0.795. The molecule has 0 saturated heterocycles. The number of urea groups is 1. The molecule has 1 fully saturated rings. The first-order chi connectivity index (χ1) is 13.0. The van der Waals surface area contributed by atoms with Crippen LogP contribution in [0.1, 0.15) is 48.1 Å². The Hall–Kier alpha value is -2.82. The van der Waals surface area contributed by atoms with E-state index in [1.54, 1.807) is 24.1 Å². The lowest BCUT2D eigenvalue weighted by molar-refractivity contribution is 0.102. The third-order valence-electron chi connectivity index (χ3n) is 5.33. The highest BCUT2D eigenvalue weighted by molar-refractivity contribution is 6.04. The second kappa shape index (κ2) is 8.71. The fourth-order valence-corrected chi connectivity index (χ4v) is 3.12. The molecule has 1 unspecified atom stereocenters. The number of amides is 3. The van der Waals surface area contributed by atoms with Gasteiger partial charge < -0.3 is 15.5 Å². The zero-order chi connectivity index (χ0) is 19.2. The molecule has 3 rings (SSSR count). The van der Waals surface area contributed by atoms with Crippen molar-refractivity contribution >= 4 is 17.6 Å². The summed E-state index contributed by atoms with van der Waals surface area (Å²) in [6.45, 7) is 2.74. The zero-order valence-electron chi connectivity index (χ0n) is 15.9. The highest BCUT2D eigenvalue weighted by Gasteiger charge is 2.21. The van der Waals surface area contributed by atoms with E-state index in [1.807, 2.05) is 49.4 Å². The maximum atomic E-state index is 12.4. The van der Waals surface area contributed by atoms with Crippen molar-refractivity contribution in [3.05, 3.63) is 65.7 Å². The molecule has 142 valence electrons. The first kappa shape index (κ1) is 19.0. The van der Waals surface area contributed by atoms with Gasteiger partial charge in [0.1, 0.15) is 0 Å². The van der Waals surface area contributed by atoms with Gasteiger partial charge in [-0.2, -0.15) is 0 Å². The van der Waals surface area contributed by atoms with Crippen LogP contribution in [0, 0.1) is 5.92 Å². The van der Waals surface area contributed by atoms with Gasteiger partial charge in [0.05, 0.1) is 6.04 Å². The van der Waals surface area contributed by atoms with Gasteiger partial charge in [-0.25, -0.2) is 4.79 Å². The number of anilines is 1. The van der Waals surface area contributed by atoms with E-state index in [9.17, 15) is 9.59 Å². The lowest BCUT2D eigenvalue weighted by atomic mass is 9.85. The van der Waals surface area contributed by atoms with Gasteiger partial charge in [0, 0.05) is 24.8 Å². The van der Waals surface area contributed by atoms with Crippen LogP contribution in [0.25, 0.3) is 0 Å². The van der Waals surface area contributed by atoms with Crippen LogP contribution in [0.4, 0.5) is 10.5 Å². The first-order valence-electron chi connectivity index (χ1n) is 9.51. The minimum atomic E-state index is -0.146. The van der Waals surface area contributed by atoms with E-state index in [2.05, 4.69) is 10.6 Å². The van der Waals surface area contributed by atoms with Crippen LogP contribution in [0.3, 0.4) is 0 Å². The summed E-state index contributed by atoms with van der Waals surface area (Å²) in [4.78, 5) is 26.4. The summed E-state index contributed by atoms with van der Waals surface area (Å²) < 4.78 is 0. The molecule has 0 bridgehead atoms. The molecule has 5 heteroatoms. The highest BCUT2D eigenvalue weighted by atomic mass is 16.2. The molecule has 1 aliphatic rings. The number of hydrogen-bond acceptors (Lipinski definition) is 2. The van der Waals surface area contributed by atoms with E-state index >= 15 is 0 Å². The summed E-state index contributed by atoms with van der Waals surface area (Å²) in [6, 6.07) is 16.6. The second-order valence-corrected chi connectivity index (χ2v) is 7.22. The number of nitrogens with one attached hydrogen (secondary N) is 2. The van der Waals surface area contributed by atoms with Gasteiger partial charge in [0.15, 0.2) is 0 Å². The van der Waals surface area contributed by atoms with E-state index in [1.165, 1.54) is 19.3 Å². The van der Waals surface area contributed by atoms with E-state index < -0.39 is 0 Å². The molecule has 5 nitrogen and oxygen atoms in total. The fourth-order valence-electron chi connectivity index (χ4n) is 3.12. The van der Waals surface area contributed by atoms with Crippen molar-refractivity contribution in [2.45, 2.75) is 32.2 Å². The molecule has 0 aliphatic heterocycles. The van der Waals surface area contributed by atoms with Gasteiger partial charge >= 0.3 is 6.03 Å². The van der Waals surface area contributed by atoms with E-state index in [4.69, 9.17) is 0 Å². The van der Waals surface area contributed by atoms with E-state index in [-0.39, 0.29) is 18.0 Å². The molecule has 2 aromatic rings. The molecular weight excluding hydrogens is 338 g/mol. The standard InChI is InChI=1S/C22H27N3O2/c1-16(25(2)22(27)23-15-17-8-6-9-17)19-12-7-13-20(14-19)24-21(26)18-10-4-3-5-11-18/h3-5,7,10-14,16-17H,6,8-9,15H2,1-2H3,(H,23,27)(H,24,26). The van der Waals surface area contributed by atoms with Crippen LogP contribution in [-0.4, -0.2) is 30.4 Å². The second-order valence-electron chi connectivity index (χ2n) is 7.22. The number of rotatable bonds is 6. The molecule has 27 heavy (non-hydrogen) atoms. The SMILES string of the molecule is CC(c1cccc(NC(=O)c2ccccc2)c1)N(C)C(=O)NCC1CCC1. The van der Waals surface area contributed by atoms with Crippen molar-refractivity contribution < 1.29 is 9.59 Å². The van der Waals surface area contributed by atoms with Crippen LogP contribution >= 0.6 is 0 Å². The summed E-state index contributed by atoms with van der Waals surface area (Å²) in [6.07, 6.45) is 3.69. The highest BCUT2D eigenvalue weighted by Crippen LogP contribution is 2.26. The predicted molar refractivity (Wildman–Crippen MR) is 108 cm³/mol. The molecule has 1 aliphatic carbocycles. The van der Waals surface area contributed by atoms with Crippen LogP contribution in [0.2, 0.25) is 0 Å². The molecule has 3 amide bonds. The molecule has 0 spiro atoms. The van der Waals surface area contributed by atoms with Crippen molar-refractivity contribution in [3.8, 4) is 0 Å². The minimum absolute atomic E-state index is 0.0619. The summed E-state index contributed by atoms with van der Waals surface area (Å²) in [7, 11) is 1.80. The number of hydrogen-bond donors (Lipinski definition) is 2. The Morgan fingerprint density at radius 3 is 2.52 bits per heavy atom. The molecule has 2 aromatic carbocycles. The Labute approximate surface area is 160 Å². The van der Waals surface area contributed by atoms with Gasteiger partial charge in [-0.15, -0.1) is 0 Å². The third kappa shape index (κ3) is 4.88. The van der Waals surface area contributed by atoms with Crippen LogP contribution < -0.4 is 10.6 Å². The average molecular weight is 365 g/mol. The fraction of sp³-hybridized carbons (Fsp3) is 0.364. The largest absolute Gasteiger partial charge is 0.338 e. The Morgan fingerprint density at radius 2 is 1.85 bits per heavy atom. The van der Waals surface area contributed by atoms with Crippen molar-refractivity contribution in [2.24, 2.45) is 5.92 Å². The summed E-state index contributed by atoms with van der Waals surface area (Å²) in [5.74, 6) is 0.487. The predicted octanol–water partition coefficient (Wildman–Crippen LogP) is 4.44. The normalized spacial score (nSPS) is 14.7. The molecule has 1 saturated carbocycles. The van der Waals surface area contributed by atoms with Crippen molar-refractivity contribution in [1.29, 1.82) is 0 Å². The third-order valence-corrected chi connectivity index (χ3v) is 5.33. The van der Waals surface area contributed by atoms with Crippen LogP contribution in [0.15, 0.2) is 54.6 Å². The molecular formula is C22H27N3O2. The van der Waals surface area contributed by atoms with E-state index in [0.717, 1.165) is 17.8 Å². The van der Waals surface area contributed by atoms with Crippen molar-refractivity contribution in [3.63, 3.8) is 0 Å². The van der Waals surface area contributed by atoms with Gasteiger partial charge in [-0.3, -0.25) is 4.79 Å². The number of carbonyl (C=O) groups is 2. The van der Waals surface area contributed by atoms with Gasteiger partial charge in [-0.05, 0) is 55.5 Å².